The second-order valence-electron chi connectivity index (χ2n) is 5.95. The molecule has 2 N–H and O–H groups in total. The Hall–Kier alpha value is -3.28. The highest BCUT2D eigenvalue weighted by molar-refractivity contribution is 6.32. The number of aromatic nitrogens is 1. The average Bonchev–Trinajstić information content (AvgIpc) is 2.71. The molecule has 31 heavy (non-hydrogen) atoms. The second-order valence-corrected chi connectivity index (χ2v) is 6.35. The highest BCUT2D eigenvalue weighted by Gasteiger charge is 2.31. The van der Waals surface area contributed by atoms with Gasteiger partial charge in [-0.15, -0.1) is 0 Å². The Morgan fingerprint density at radius 1 is 1.26 bits per heavy atom. The highest BCUT2D eigenvalue weighted by atomic mass is 35.5. The zero-order valence-electron chi connectivity index (χ0n) is 16.4. The number of carbonyl (C=O) groups excluding carboxylic acids is 1. The lowest BCUT2D eigenvalue weighted by atomic mass is 10.1. The molecule has 2 rings (SSSR count). The van der Waals surface area contributed by atoms with Crippen LogP contribution in [0.1, 0.15) is 22.8 Å². The van der Waals surface area contributed by atoms with E-state index >= 15 is 0 Å². The lowest BCUT2D eigenvalue weighted by Crippen LogP contribution is -2.29. The Bertz CT molecular complexity index is 972. The first-order chi connectivity index (χ1) is 14.6. The van der Waals surface area contributed by atoms with Crippen LogP contribution in [0, 0.1) is 10.1 Å². The maximum atomic E-state index is 12.6. The Kier molecular flexibility index (Phi) is 7.86. The molecule has 0 aliphatic carbocycles. The molecule has 0 bridgehead atoms. The van der Waals surface area contributed by atoms with Crippen LogP contribution in [0.4, 0.5) is 24.7 Å². The van der Waals surface area contributed by atoms with Gasteiger partial charge in [0.25, 0.3) is 11.6 Å². The molecular weight excluding hydrogens is 445 g/mol. The fourth-order valence-corrected chi connectivity index (χ4v) is 2.72. The van der Waals surface area contributed by atoms with E-state index < -0.39 is 28.3 Å². The average molecular weight is 463 g/mol. The molecule has 0 spiro atoms. The number of rotatable bonds is 9. The van der Waals surface area contributed by atoms with E-state index in [0.29, 0.717) is 6.20 Å². The van der Waals surface area contributed by atoms with Crippen LogP contribution in [0.25, 0.3) is 0 Å². The number of pyridine rings is 1. The summed E-state index contributed by atoms with van der Waals surface area (Å²) in [6.45, 7) is 1.96. The van der Waals surface area contributed by atoms with Crippen LogP contribution in [0.2, 0.25) is 5.02 Å². The number of nitro groups is 1. The number of nitro benzene ring substituents is 1. The molecule has 168 valence electrons. The van der Waals surface area contributed by atoms with Crippen LogP contribution in [-0.4, -0.2) is 42.6 Å². The molecule has 0 saturated carbocycles. The van der Waals surface area contributed by atoms with E-state index in [-0.39, 0.29) is 47.6 Å². The van der Waals surface area contributed by atoms with Crippen molar-refractivity contribution >= 4 is 29.0 Å². The summed E-state index contributed by atoms with van der Waals surface area (Å²) in [6.07, 6.45) is -3.95. The van der Waals surface area contributed by atoms with Crippen molar-refractivity contribution in [2.45, 2.75) is 13.1 Å². The fraction of sp³-hybridized carbons (Fsp3) is 0.333. The summed E-state index contributed by atoms with van der Waals surface area (Å²) in [5, 5.41) is 16.3. The molecule has 1 aromatic heterocycles. The first kappa shape index (κ1) is 24.0. The molecule has 1 heterocycles. The van der Waals surface area contributed by atoms with E-state index in [9.17, 15) is 28.1 Å². The number of anilines is 1. The van der Waals surface area contributed by atoms with Crippen molar-refractivity contribution in [2.75, 3.05) is 32.1 Å². The van der Waals surface area contributed by atoms with Crippen LogP contribution in [0.15, 0.2) is 24.4 Å². The molecular formula is C18H18ClF3N4O5. The quantitative estimate of drug-likeness (QED) is 0.330. The summed E-state index contributed by atoms with van der Waals surface area (Å²) in [4.78, 5) is 26.7. The van der Waals surface area contributed by atoms with E-state index in [1.807, 2.05) is 0 Å². The summed E-state index contributed by atoms with van der Waals surface area (Å²) in [6, 6.07) is 3.02. The van der Waals surface area contributed by atoms with E-state index in [1.54, 1.807) is 6.92 Å². The number of ether oxygens (including phenoxy) is 2. The van der Waals surface area contributed by atoms with Crippen LogP contribution >= 0.6 is 11.6 Å². The summed E-state index contributed by atoms with van der Waals surface area (Å²) >= 11 is 5.79. The maximum absolute atomic E-state index is 12.6. The molecule has 13 heteroatoms. The van der Waals surface area contributed by atoms with Gasteiger partial charge in [-0.25, -0.2) is 4.98 Å². The van der Waals surface area contributed by atoms with Gasteiger partial charge in [-0.1, -0.05) is 11.6 Å². The first-order valence-corrected chi connectivity index (χ1v) is 9.20. The summed E-state index contributed by atoms with van der Waals surface area (Å²) in [5.41, 5.74) is -1.70. The fourth-order valence-electron chi connectivity index (χ4n) is 2.49. The number of hydrogen-bond acceptors (Lipinski definition) is 7. The smallest absolute Gasteiger partial charge is 0.417 e. The lowest BCUT2D eigenvalue weighted by molar-refractivity contribution is -0.385. The lowest BCUT2D eigenvalue weighted by Gasteiger charge is -2.13. The minimum Gasteiger partial charge on any atom is -0.493 e. The normalized spacial score (nSPS) is 11.0. The van der Waals surface area contributed by atoms with E-state index in [0.717, 1.165) is 12.1 Å². The van der Waals surface area contributed by atoms with Gasteiger partial charge in [-0.05, 0) is 13.0 Å². The van der Waals surface area contributed by atoms with Gasteiger partial charge < -0.3 is 20.1 Å². The van der Waals surface area contributed by atoms with Crippen molar-refractivity contribution in [2.24, 2.45) is 0 Å². The molecule has 0 fully saturated rings. The number of nitrogens with one attached hydrogen (secondary N) is 2. The molecule has 1 aromatic carbocycles. The third-order valence-corrected chi connectivity index (χ3v) is 4.18. The summed E-state index contributed by atoms with van der Waals surface area (Å²) in [7, 11) is 1.33. The molecule has 2 aromatic rings. The largest absolute Gasteiger partial charge is 0.493 e. The highest BCUT2D eigenvalue weighted by Crippen LogP contribution is 2.35. The van der Waals surface area contributed by atoms with Crippen molar-refractivity contribution in [3.05, 3.63) is 50.7 Å². The number of halogens is 4. The predicted molar refractivity (Wildman–Crippen MR) is 106 cm³/mol. The van der Waals surface area contributed by atoms with Crippen molar-refractivity contribution in [3.63, 3.8) is 0 Å². The van der Waals surface area contributed by atoms with Gasteiger partial charge in [0.15, 0.2) is 11.5 Å². The topological polar surface area (TPSA) is 116 Å². The SMILES string of the molecule is CCOc1cc([N+](=O)[O-])c(C(=O)NCCNc2ncc(C(F)(F)F)cc2Cl)cc1OC. The van der Waals surface area contributed by atoms with Crippen LogP contribution in [0.3, 0.4) is 0 Å². The molecule has 0 aliphatic heterocycles. The van der Waals surface area contributed by atoms with Gasteiger partial charge in [-0.3, -0.25) is 14.9 Å². The first-order valence-electron chi connectivity index (χ1n) is 8.82. The van der Waals surface area contributed by atoms with E-state index in [1.165, 1.54) is 13.2 Å². The van der Waals surface area contributed by atoms with Gasteiger partial charge in [0.1, 0.15) is 11.4 Å². The van der Waals surface area contributed by atoms with Crippen LogP contribution < -0.4 is 20.1 Å². The number of methoxy groups -OCH3 is 1. The third-order valence-electron chi connectivity index (χ3n) is 3.89. The standard InChI is InChI=1S/C18H18ClF3N4O5/c1-3-31-15-8-13(26(28)29)11(7-14(15)30-2)17(27)24-5-4-23-16-12(19)6-10(9-25-16)18(20,21)22/h6-9H,3-5H2,1-2H3,(H,23,25)(H,24,27). The monoisotopic (exact) mass is 462 g/mol. The Labute approximate surface area is 179 Å². The number of carbonyl (C=O) groups is 1. The van der Waals surface area contributed by atoms with Gasteiger partial charge >= 0.3 is 6.18 Å². The van der Waals surface area contributed by atoms with Crippen LogP contribution in [0.5, 0.6) is 11.5 Å². The van der Waals surface area contributed by atoms with Gasteiger partial charge in [0.05, 0.1) is 35.3 Å². The minimum atomic E-state index is -4.57. The number of alkyl halides is 3. The van der Waals surface area contributed by atoms with Crippen molar-refractivity contribution in [1.82, 2.24) is 10.3 Å². The molecule has 1 amide bonds. The van der Waals surface area contributed by atoms with Gasteiger partial charge in [0, 0.05) is 25.4 Å². The molecule has 9 nitrogen and oxygen atoms in total. The zero-order valence-corrected chi connectivity index (χ0v) is 17.1. The number of amides is 1. The Morgan fingerprint density at radius 3 is 2.52 bits per heavy atom. The van der Waals surface area contributed by atoms with E-state index in [2.05, 4.69) is 15.6 Å². The zero-order chi connectivity index (χ0) is 23.2. The third kappa shape index (κ3) is 6.10. The van der Waals surface area contributed by atoms with Crippen molar-refractivity contribution < 1.29 is 32.4 Å². The molecule has 0 unspecified atom stereocenters. The van der Waals surface area contributed by atoms with Gasteiger partial charge in [-0.2, -0.15) is 13.2 Å². The molecule has 0 radical (unpaired) electrons. The van der Waals surface area contributed by atoms with Gasteiger partial charge in [0.2, 0.25) is 0 Å². The molecule has 0 saturated heterocycles. The predicted octanol–water partition coefficient (Wildman–Crippen LogP) is 3.91. The van der Waals surface area contributed by atoms with Crippen molar-refractivity contribution in [1.29, 1.82) is 0 Å². The molecule has 0 aliphatic rings. The maximum Gasteiger partial charge on any atom is 0.417 e. The summed E-state index contributed by atoms with van der Waals surface area (Å²) in [5.74, 6) is -0.478. The molecule has 0 atom stereocenters. The number of nitrogens with zero attached hydrogens (tertiary/aromatic N) is 2. The minimum absolute atomic E-state index is 0.00219. The van der Waals surface area contributed by atoms with Crippen molar-refractivity contribution in [3.8, 4) is 11.5 Å². The summed E-state index contributed by atoms with van der Waals surface area (Å²) < 4.78 is 48.3. The Balaban J connectivity index is 2.05. The van der Waals surface area contributed by atoms with Crippen LogP contribution in [-0.2, 0) is 6.18 Å². The number of hydrogen-bond donors (Lipinski definition) is 2. The number of benzene rings is 1. The second kappa shape index (κ2) is 10.2. The van der Waals surface area contributed by atoms with E-state index in [4.69, 9.17) is 21.1 Å². The Morgan fingerprint density at radius 2 is 1.97 bits per heavy atom.